The first kappa shape index (κ1) is 17.5. The first-order valence-corrected chi connectivity index (χ1v) is 11.2. The molecule has 0 unspecified atom stereocenters. The Kier molecular flexibility index (Phi) is 5.86. The maximum Gasteiger partial charge on any atom is 0.117 e. The molecule has 2 aromatic carbocycles. The van der Waals surface area contributed by atoms with Crippen LogP contribution in [0.3, 0.4) is 0 Å². The van der Waals surface area contributed by atoms with Crippen LogP contribution in [0.2, 0.25) is 0 Å². The summed E-state index contributed by atoms with van der Waals surface area (Å²) in [7, 11) is 0.827. The average molecular weight is 357 g/mol. The summed E-state index contributed by atoms with van der Waals surface area (Å²) in [6.07, 6.45) is 15.4. The van der Waals surface area contributed by atoms with Crippen LogP contribution < -0.4 is 5.19 Å². The Labute approximate surface area is 160 Å². The second kappa shape index (κ2) is 8.68. The minimum atomic E-state index is 0.827. The van der Waals surface area contributed by atoms with E-state index >= 15 is 0 Å². The molecule has 0 spiro atoms. The van der Waals surface area contributed by atoms with Crippen molar-refractivity contribution < 1.29 is 0 Å². The van der Waals surface area contributed by atoms with E-state index in [2.05, 4.69) is 66.7 Å². The third-order valence-corrected chi connectivity index (χ3v) is 7.39. The van der Waals surface area contributed by atoms with Gasteiger partial charge in [-0.15, -0.1) is 0 Å². The summed E-state index contributed by atoms with van der Waals surface area (Å²) in [6, 6.07) is 20.1. The second-order valence-corrected chi connectivity index (χ2v) is 9.16. The summed E-state index contributed by atoms with van der Waals surface area (Å²) in [5, 5.41) is 3.23. The number of hydrogen-bond donors (Lipinski definition) is 0. The van der Waals surface area contributed by atoms with Crippen molar-refractivity contribution in [3.63, 3.8) is 0 Å². The minimum Gasteiger partial charge on any atom is -0.0806 e. The number of benzene rings is 2. The molecule has 0 aliphatic heterocycles. The van der Waals surface area contributed by atoms with Gasteiger partial charge in [-0.1, -0.05) is 109 Å². The Balaban J connectivity index is 1.50. The molecule has 0 amide bonds. The van der Waals surface area contributed by atoms with Gasteiger partial charge in [0.15, 0.2) is 0 Å². The zero-order valence-corrected chi connectivity index (χ0v) is 16.6. The van der Waals surface area contributed by atoms with Gasteiger partial charge in [0.25, 0.3) is 0 Å². The summed E-state index contributed by atoms with van der Waals surface area (Å²) in [6.45, 7) is 0. The van der Waals surface area contributed by atoms with Gasteiger partial charge >= 0.3 is 0 Å². The predicted molar refractivity (Wildman–Crippen MR) is 113 cm³/mol. The average Bonchev–Trinajstić information content (AvgIpc) is 3.12. The molecule has 2 radical (unpaired) electrons. The van der Waals surface area contributed by atoms with E-state index in [0.717, 1.165) is 28.3 Å². The molecular formula is C25H28Si. The number of allylic oxidation sites excluding steroid dienone is 4. The summed E-state index contributed by atoms with van der Waals surface area (Å²) in [5.41, 5.74) is 4.57. The molecule has 2 aliphatic carbocycles. The summed E-state index contributed by atoms with van der Waals surface area (Å²) >= 11 is 0. The van der Waals surface area contributed by atoms with Gasteiger partial charge in [-0.2, -0.15) is 0 Å². The highest BCUT2D eigenvalue weighted by molar-refractivity contribution is 6.61. The van der Waals surface area contributed by atoms with Crippen LogP contribution in [0.25, 0.3) is 0 Å². The third kappa shape index (κ3) is 4.45. The molecule has 1 saturated carbocycles. The third-order valence-electron chi connectivity index (χ3n) is 5.80. The van der Waals surface area contributed by atoms with Crippen LogP contribution in [0.1, 0.15) is 49.7 Å². The highest BCUT2D eigenvalue weighted by Gasteiger charge is 2.17. The van der Waals surface area contributed by atoms with Crippen LogP contribution in [-0.4, -0.2) is 9.52 Å². The van der Waals surface area contributed by atoms with E-state index in [1.54, 1.807) is 21.5 Å². The summed E-state index contributed by atoms with van der Waals surface area (Å²) in [5.74, 6) is 0.911. The van der Waals surface area contributed by atoms with Gasteiger partial charge in [-0.3, -0.25) is 0 Å². The van der Waals surface area contributed by atoms with E-state index in [9.17, 15) is 0 Å². The van der Waals surface area contributed by atoms with Crippen molar-refractivity contribution in [1.82, 2.24) is 0 Å². The minimum absolute atomic E-state index is 0.827. The van der Waals surface area contributed by atoms with Crippen LogP contribution in [-0.2, 0) is 12.8 Å². The monoisotopic (exact) mass is 356 g/mol. The van der Waals surface area contributed by atoms with Gasteiger partial charge in [-0.05, 0) is 41.9 Å². The molecule has 0 heterocycles. The summed E-state index contributed by atoms with van der Waals surface area (Å²) in [4.78, 5) is 0. The van der Waals surface area contributed by atoms with E-state index in [4.69, 9.17) is 0 Å². The van der Waals surface area contributed by atoms with Crippen LogP contribution in [0, 0.1) is 5.92 Å². The zero-order valence-electron chi connectivity index (χ0n) is 15.6. The molecule has 0 N–H and O–H groups in total. The molecule has 0 nitrogen and oxygen atoms in total. The maximum atomic E-state index is 2.39. The lowest BCUT2D eigenvalue weighted by atomic mass is 9.85. The van der Waals surface area contributed by atoms with Gasteiger partial charge in [-0.25, -0.2) is 0 Å². The smallest absolute Gasteiger partial charge is 0.0806 e. The molecule has 0 bridgehead atoms. The Morgan fingerprint density at radius 2 is 1.62 bits per heavy atom. The number of hydrogen-bond acceptors (Lipinski definition) is 0. The lowest BCUT2D eigenvalue weighted by molar-refractivity contribution is 0.357. The predicted octanol–water partition coefficient (Wildman–Crippen LogP) is 5.60. The number of rotatable bonds is 6. The molecule has 132 valence electrons. The maximum absolute atomic E-state index is 2.39. The Morgan fingerprint density at radius 1 is 0.846 bits per heavy atom. The zero-order chi connectivity index (χ0) is 17.6. The van der Waals surface area contributed by atoms with Gasteiger partial charge < -0.3 is 0 Å². The summed E-state index contributed by atoms with van der Waals surface area (Å²) < 4.78 is 0. The van der Waals surface area contributed by atoms with E-state index < -0.39 is 0 Å². The molecule has 2 aromatic rings. The van der Waals surface area contributed by atoms with E-state index in [-0.39, 0.29) is 0 Å². The quantitative estimate of drug-likeness (QED) is 0.591. The van der Waals surface area contributed by atoms with E-state index in [0.29, 0.717) is 0 Å². The van der Waals surface area contributed by atoms with Gasteiger partial charge in [0.05, 0.1) is 0 Å². The second-order valence-electron chi connectivity index (χ2n) is 7.76. The normalized spacial score (nSPS) is 17.8. The standard InChI is InChI=1S/C25H28Si/c1-3-10-20(11-4-1)18-22-14-7-8-16-24(22)26-25-17-9-15-23(25)19-21-12-5-2-6-13-21/h2,5-9,12-16,20H,1,3-4,10-11,17-19H2. The first-order valence-electron chi connectivity index (χ1n) is 10.2. The topological polar surface area (TPSA) is 0 Å². The van der Waals surface area contributed by atoms with Crippen molar-refractivity contribution in [3.05, 3.63) is 88.6 Å². The molecule has 0 saturated heterocycles. The Hall–Kier alpha value is -1.86. The molecule has 1 heteroatoms. The van der Waals surface area contributed by atoms with Crippen LogP contribution in [0.15, 0.2) is 77.5 Å². The molecular weight excluding hydrogens is 328 g/mol. The molecule has 2 aliphatic rings. The van der Waals surface area contributed by atoms with Crippen molar-refractivity contribution in [3.8, 4) is 0 Å². The molecule has 26 heavy (non-hydrogen) atoms. The van der Waals surface area contributed by atoms with Crippen LogP contribution in [0.5, 0.6) is 0 Å². The Morgan fingerprint density at radius 3 is 2.46 bits per heavy atom. The largest absolute Gasteiger partial charge is 0.117 e. The SMILES string of the molecule is C1=CC(Cc2ccccc2)=C([Si]c2ccccc2CC2CCCCC2)C1. The molecule has 1 fully saturated rings. The van der Waals surface area contributed by atoms with Gasteiger partial charge in [0, 0.05) is 0 Å². The lowest BCUT2D eigenvalue weighted by Crippen LogP contribution is -2.24. The van der Waals surface area contributed by atoms with E-state index in [1.807, 2.05) is 0 Å². The van der Waals surface area contributed by atoms with Crippen LogP contribution in [0.4, 0.5) is 0 Å². The van der Waals surface area contributed by atoms with Crippen molar-refractivity contribution in [2.75, 3.05) is 0 Å². The van der Waals surface area contributed by atoms with Crippen LogP contribution >= 0.6 is 0 Å². The molecule has 0 aromatic heterocycles. The fourth-order valence-electron chi connectivity index (χ4n) is 4.35. The fraction of sp³-hybridized carbons (Fsp3) is 0.360. The first-order chi connectivity index (χ1) is 12.9. The fourth-order valence-corrected chi connectivity index (χ4v) is 5.75. The highest BCUT2D eigenvalue weighted by atomic mass is 28.2. The lowest BCUT2D eigenvalue weighted by Gasteiger charge is -2.23. The van der Waals surface area contributed by atoms with Gasteiger partial charge in [0.1, 0.15) is 9.52 Å². The molecule has 0 atom stereocenters. The Bertz CT molecular complexity index is 779. The van der Waals surface area contributed by atoms with E-state index in [1.165, 1.54) is 44.1 Å². The van der Waals surface area contributed by atoms with Crippen molar-refractivity contribution in [1.29, 1.82) is 0 Å². The van der Waals surface area contributed by atoms with Crippen molar-refractivity contribution in [2.24, 2.45) is 5.92 Å². The van der Waals surface area contributed by atoms with Crippen molar-refractivity contribution >= 4 is 14.7 Å². The van der Waals surface area contributed by atoms with Gasteiger partial charge in [0.2, 0.25) is 0 Å². The van der Waals surface area contributed by atoms with Crippen molar-refractivity contribution in [2.45, 2.75) is 51.4 Å². The highest BCUT2D eigenvalue weighted by Crippen LogP contribution is 2.27. The molecule has 4 rings (SSSR count).